The first-order valence-electron chi connectivity index (χ1n) is 6.82. The van der Waals surface area contributed by atoms with Gasteiger partial charge in [0, 0.05) is 15.7 Å². The molecule has 22 heavy (non-hydrogen) atoms. The van der Waals surface area contributed by atoms with Crippen molar-refractivity contribution in [3.05, 3.63) is 63.1 Å². The summed E-state index contributed by atoms with van der Waals surface area (Å²) in [5.74, 6) is -0.233. The third kappa shape index (κ3) is 4.15. The highest BCUT2D eigenvalue weighted by Gasteiger charge is 2.10. The fourth-order valence-electron chi connectivity index (χ4n) is 2.02. The van der Waals surface area contributed by atoms with Crippen LogP contribution in [-0.2, 0) is 0 Å². The summed E-state index contributed by atoms with van der Waals surface area (Å²) >= 11 is 8.63. The molecule has 0 atom stereocenters. The monoisotopic (exact) mass is 376 g/mol. The molecule has 114 valence electrons. The van der Waals surface area contributed by atoms with Crippen molar-refractivity contribution in [2.45, 2.75) is 20.8 Å². The van der Waals surface area contributed by atoms with Gasteiger partial charge in [-0.1, -0.05) is 39.7 Å². The van der Waals surface area contributed by atoms with Crippen molar-refractivity contribution in [1.29, 1.82) is 0 Å². The number of nitrogens with one attached hydrogen (secondary N) is 2. The van der Waals surface area contributed by atoms with Gasteiger partial charge in [0.25, 0.3) is 5.91 Å². The van der Waals surface area contributed by atoms with Crippen molar-refractivity contribution < 1.29 is 4.79 Å². The van der Waals surface area contributed by atoms with Crippen LogP contribution in [0.25, 0.3) is 0 Å². The maximum atomic E-state index is 12.2. The molecule has 2 aromatic carbocycles. The molecule has 5 heteroatoms. The van der Waals surface area contributed by atoms with Crippen LogP contribution < -0.4 is 10.6 Å². The topological polar surface area (TPSA) is 41.1 Å². The number of carbonyl (C=O) groups excluding carboxylic acids is 1. The van der Waals surface area contributed by atoms with E-state index in [9.17, 15) is 4.79 Å². The lowest BCUT2D eigenvalue weighted by atomic mass is 10.1. The van der Waals surface area contributed by atoms with Crippen LogP contribution in [0.2, 0.25) is 0 Å². The quantitative estimate of drug-likeness (QED) is 0.758. The molecular formula is C17H17BrN2OS. The first-order valence-corrected chi connectivity index (χ1v) is 8.02. The molecule has 0 saturated heterocycles. The number of rotatable bonds is 2. The fourth-order valence-corrected chi connectivity index (χ4v) is 2.60. The van der Waals surface area contributed by atoms with Gasteiger partial charge in [0.05, 0.1) is 0 Å². The molecule has 2 aromatic rings. The Kier molecular flexibility index (Phi) is 5.32. The predicted molar refractivity (Wildman–Crippen MR) is 98.5 cm³/mol. The maximum Gasteiger partial charge on any atom is 0.257 e. The molecule has 0 radical (unpaired) electrons. The lowest BCUT2D eigenvalue weighted by Crippen LogP contribution is -2.34. The van der Waals surface area contributed by atoms with Gasteiger partial charge in [-0.25, -0.2) is 0 Å². The summed E-state index contributed by atoms with van der Waals surface area (Å²) in [6, 6.07) is 11.4. The van der Waals surface area contributed by atoms with Gasteiger partial charge in [0.2, 0.25) is 0 Å². The Morgan fingerprint density at radius 1 is 1.05 bits per heavy atom. The first kappa shape index (κ1) is 16.6. The smallest absolute Gasteiger partial charge is 0.257 e. The van der Waals surface area contributed by atoms with E-state index < -0.39 is 0 Å². The Morgan fingerprint density at radius 3 is 2.41 bits per heavy atom. The van der Waals surface area contributed by atoms with E-state index in [1.165, 1.54) is 5.56 Å². The van der Waals surface area contributed by atoms with Gasteiger partial charge in [-0.05, 0) is 62.3 Å². The Hall–Kier alpha value is -1.72. The molecule has 0 saturated carbocycles. The van der Waals surface area contributed by atoms with Gasteiger partial charge in [0.1, 0.15) is 0 Å². The van der Waals surface area contributed by atoms with Gasteiger partial charge in [-0.2, -0.15) is 0 Å². The molecule has 0 aromatic heterocycles. The lowest BCUT2D eigenvalue weighted by Gasteiger charge is -2.12. The molecule has 0 heterocycles. The van der Waals surface area contributed by atoms with E-state index >= 15 is 0 Å². The standard InChI is InChI=1S/C17H17BrN2OS/c1-10-4-7-15(12(3)8-10)19-17(22)20-16(21)13-6-5-11(2)14(18)9-13/h4-9H,1-3H3,(H2,19,20,21,22). The third-order valence-corrected chi connectivity index (χ3v) is 4.35. The van der Waals surface area contributed by atoms with E-state index in [0.29, 0.717) is 5.56 Å². The van der Waals surface area contributed by atoms with Crippen LogP contribution in [0, 0.1) is 20.8 Å². The van der Waals surface area contributed by atoms with Crippen LogP contribution in [0.3, 0.4) is 0 Å². The van der Waals surface area contributed by atoms with Crippen molar-refractivity contribution in [3.8, 4) is 0 Å². The van der Waals surface area contributed by atoms with Crippen molar-refractivity contribution in [1.82, 2.24) is 5.32 Å². The summed E-state index contributed by atoms with van der Waals surface area (Å²) in [7, 11) is 0. The Morgan fingerprint density at radius 2 is 1.77 bits per heavy atom. The summed E-state index contributed by atoms with van der Waals surface area (Å²) in [6.07, 6.45) is 0. The number of anilines is 1. The fraction of sp³-hybridized carbons (Fsp3) is 0.176. The highest BCUT2D eigenvalue weighted by atomic mass is 79.9. The van der Waals surface area contributed by atoms with Crippen molar-refractivity contribution in [2.75, 3.05) is 5.32 Å². The minimum Gasteiger partial charge on any atom is -0.332 e. The average Bonchev–Trinajstić information content (AvgIpc) is 2.45. The summed E-state index contributed by atoms with van der Waals surface area (Å²) in [4.78, 5) is 12.2. The predicted octanol–water partition coefficient (Wildman–Crippen LogP) is 4.50. The van der Waals surface area contributed by atoms with E-state index in [1.807, 2.05) is 39.0 Å². The average molecular weight is 377 g/mol. The van der Waals surface area contributed by atoms with Gasteiger partial charge in [-0.3, -0.25) is 10.1 Å². The second kappa shape index (κ2) is 7.03. The van der Waals surface area contributed by atoms with Gasteiger partial charge < -0.3 is 5.32 Å². The minimum atomic E-state index is -0.233. The molecule has 2 N–H and O–H groups in total. The molecule has 1 amide bonds. The van der Waals surface area contributed by atoms with Crippen LogP contribution >= 0.6 is 28.1 Å². The first-order chi connectivity index (χ1) is 10.4. The summed E-state index contributed by atoms with van der Waals surface area (Å²) < 4.78 is 0.897. The van der Waals surface area contributed by atoms with Gasteiger partial charge in [0.15, 0.2) is 5.11 Å². The highest BCUT2D eigenvalue weighted by Crippen LogP contribution is 2.18. The van der Waals surface area contributed by atoms with Crippen molar-refractivity contribution in [2.24, 2.45) is 0 Å². The summed E-state index contributed by atoms with van der Waals surface area (Å²) in [5, 5.41) is 6.03. The van der Waals surface area contributed by atoms with Crippen LogP contribution in [0.15, 0.2) is 40.9 Å². The molecule has 0 aliphatic rings. The molecule has 0 unspecified atom stereocenters. The Balaban J connectivity index is 2.05. The van der Waals surface area contributed by atoms with Crippen LogP contribution in [0.4, 0.5) is 5.69 Å². The number of thiocarbonyl (C=S) groups is 1. The summed E-state index contributed by atoms with van der Waals surface area (Å²) in [6.45, 7) is 6.00. The second-order valence-electron chi connectivity index (χ2n) is 5.19. The third-order valence-electron chi connectivity index (χ3n) is 3.29. The van der Waals surface area contributed by atoms with Gasteiger partial charge in [-0.15, -0.1) is 0 Å². The zero-order chi connectivity index (χ0) is 16.3. The molecule has 0 aliphatic heterocycles. The number of halogens is 1. The molecule has 3 nitrogen and oxygen atoms in total. The molecule has 0 aliphatic carbocycles. The van der Waals surface area contributed by atoms with Crippen LogP contribution in [0.1, 0.15) is 27.0 Å². The summed E-state index contributed by atoms with van der Waals surface area (Å²) in [5.41, 5.74) is 4.79. The van der Waals surface area contributed by atoms with Crippen LogP contribution in [-0.4, -0.2) is 11.0 Å². The number of amides is 1. The number of aryl methyl sites for hydroxylation is 3. The Bertz CT molecular complexity index is 743. The number of hydrogen-bond acceptors (Lipinski definition) is 2. The van der Waals surface area contributed by atoms with Crippen molar-refractivity contribution >= 4 is 44.9 Å². The van der Waals surface area contributed by atoms with E-state index in [1.54, 1.807) is 12.1 Å². The number of benzene rings is 2. The zero-order valence-corrected chi connectivity index (χ0v) is 15.1. The van der Waals surface area contributed by atoms with E-state index in [2.05, 4.69) is 32.6 Å². The molecule has 0 bridgehead atoms. The molecular weight excluding hydrogens is 360 g/mol. The van der Waals surface area contributed by atoms with Crippen LogP contribution in [0.5, 0.6) is 0 Å². The minimum absolute atomic E-state index is 0.233. The zero-order valence-electron chi connectivity index (χ0n) is 12.7. The molecule has 0 fully saturated rings. The lowest BCUT2D eigenvalue weighted by molar-refractivity contribution is 0.0977. The van der Waals surface area contributed by atoms with Crippen molar-refractivity contribution in [3.63, 3.8) is 0 Å². The largest absolute Gasteiger partial charge is 0.332 e. The SMILES string of the molecule is Cc1ccc(NC(=S)NC(=O)c2ccc(C)c(Br)c2)c(C)c1. The van der Waals surface area contributed by atoms with E-state index in [0.717, 1.165) is 21.3 Å². The normalized spacial score (nSPS) is 10.2. The molecule has 2 rings (SSSR count). The maximum absolute atomic E-state index is 12.2. The van der Waals surface area contributed by atoms with Gasteiger partial charge >= 0.3 is 0 Å². The second-order valence-corrected chi connectivity index (χ2v) is 6.45. The van der Waals surface area contributed by atoms with E-state index in [4.69, 9.17) is 12.2 Å². The highest BCUT2D eigenvalue weighted by molar-refractivity contribution is 9.10. The van der Waals surface area contributed by atoms with E-state index in [-0.39, 0.29) is 11.0 Å². The number of hydrogen-bond donors (Lipinski definition) is 2. The molecule has 0 spiro atoms. The Labute approximate surface area is 144 Å². The number of carbonyl (C=O) groups is 1.